The van der Waals surface area contributed by atoms with E-state index in [1.165, 1.54) is 0 Å². The Bertz CT molecular complexity index is 900. The summed E-state index contributed by atoms with van der Waals surface area (Å²) >= 11 is 6.51. The number of carbonyl (C=O) groups is 1. The summed E-state index contributed by atoms with van der Waals surface area (Å²) in [6, 6.07) is 27.3. The van der Waals surface area contributed by atoms with Gasteiger partial charge >= 0.3 is 0 Å². The fourth-order valence-electron chi connectivity index (χ4n) is 4.07. The summed E-state index contributed by atoms with van der Waals surface area (Å²) in [5.74, 6) is -0.0160. The van der Waals surface area contributed by atoms with Gasteiger partial charge in [0.2, 0.25) is 5.91 Å². The van der Waals surface area contributed by atoms with E-state index in [4.69, 9.17) is 11.6 Å². The molecule has 4 heteroatoms. The van der Waals surface area contributed by atoms with Gasteiger partial charge in [-0.3, -0.25) is 9.69 Å². The molecule has 0 spiro atoms. The first-order valence-electron chi connectivity index (χ1n) is 10.1. The molecule has 0 saturated carbocycles. The summed E-state index contributed by atoms with van der Waals surface area (Å²) in [5, 5.41) is 3.95. The van der Waals surface area contributed by atoms with Crippen LogP contribution in [0.25, 0.3) is 0 Å². The van der Waals surface area contributed by atoms with Gasteiger partial charge in [-0.2, -0.15) is 0 Å². The average molecular weight is 405 g/mol. The predicted molar refractivity (Wildman–Crippen MR) is 118 cm³/mol. The summed E-state index contributed by atoms with van der Waals surface area (Å²) < 4.78 is 0. The van der Waals surface area contributed by atoms with Crippen LogP contribution < -0.4 is 5.32 Å². The molecule has 1 amide bonds. The Morgan fingerprint density at radius 2 is 1.31 bits per heavy atom. The van der Waals surface area contributed by atoms with Gasteiger partial charge in [0.05, 0.1) is 6.04 Å². The summed E-state index contributed by atoms with van der Waals surface area (Å²) in [4.78, 5) is 15.9. The quantitative estimate of drug-likeness (QED) is 0.598. The number of carbonyl (C=O) groups excluding carboxylic acids is 1. The standard InChI is InChI=1S/C25H25ClN2O/c26-22-16-8-7-15-21(22)24(28-17-9-10-18-28)25(29)27-23(19-11-3-1-4-12-19)20-13-5-2-6-14-20/h1-8,11-16,23-24H,9-10,17-18H2,(H,27,29). The third-order valence-electron chi connectivity index (χ3n) is 5.51. The summed E-state index contributed by atoms with van der Waals surface area (Å²) in [6.45, 7) is 1.81. The lowest BCUT2D eigenvalue weighted by Gasteiger charge is -2.30. The zero-order chi connectivity index (χ0) is 20.1. The lowest BCUT2D eigenvalue weighted by Crippen LogP contribution is -2.41. The third kappa shape index (κ3) is 4.52. The Kier molecular flexibility index (Phi) is 6.28. The zero-order valence-corrected chi connectivity index (χ0v) is 17.1. The zero-order valence-electron chi connectivity index (χ0n) is 16.3. The van der Waals surface area contributed by atoms with Gasteiger partial charge in [0, 0.05) is 5.02 Å². The van der Waals surface area contributed by atoms with Crippen molar-refractivity contribution < 1.29 is 4.79 Å². The molecule has 1 heterocycles. The molecule has 1 unspecified atom stereocenters. The number of amides is 1. The maximum atomic E-state index is 13.6. The highest BCUT2D eigenvalue weighted by atomic mass is 35.5. The van der Waals surface area contributed by atoms with Gasteiger partial charge in [-0.1, -0.05) is 90.5 Å². The van der Waals surface area contributed by atoms with Crippen LogP contribution >= 0.6 is 11.6 Å². The maximum absolute atomic E-state index is 13.6. The summed E-state index contributed by atoms with van der Waals surface area (Å²) in [6.07, 6.45) is 2.21. The first-order valence-corrected chi connectivity index (χ1v) is 10.5. The van der Waals surface area contributed by atoms with Crippen LogP contribution in [0.15, 0.2) is 84.9 Å². The van der Waals surface area contributed by atoms with Crippen molar-refractivity contribution in [2.75, 3.05) is 13.1 Å². The van der Waals surface area contributed by atoms with Crippen LogP contribution in [0, 0.1) is 0 Å². The minimum absolute atomic E-state index is 0.0160. The first-order chi connectivity index (χ1) is 14.2. The smallest absolute Gasteiger partial charge is 0.242 e. The number of rotatable bonds is 6. The van der Waals surface area contributed by atoms with E-state index in [1.807, 2.05) is 60.7 Å². The van der Waals surface area contributed by atoms with Gasteiger partial charge in [0.1, 0.15) is 6.04 Å². The monoisotopic (exact) mass is 404 g/mol. The molecule has 1 fully saturated rings. The minimum Gasteiger partial charge on any atom is -0.344 e. The number of benzene rings is 3. The topological polar surface area (TPSA) is 32.3 Å². The Morgan fingerprint density at radius 3 is 1.86 bits per heavy atom. The lowest BCUT2D eigenvalue weighted by atomic mass is 9.97. The first kappa shape index (κ1) is 19.7. The van der Waals surface area contributed by atoms with Gasteiger partial charge in [-0.25, -0.2) is 0 Å². The van der Waals surface area contributed by atoms with E-state index in [-0.39, 0.29) is 18.0 Å². The molecule has 1 saturated heterocycles. The van der Waals surface area contributed by atoms with Gasteiger partial charge < -0.3 is 5.32 Å². The molecule has 1 N–H and O–H groups in total. The third-order valence-corrected chi connectivity index (χ3v) is 5.85. The van der Waals surface area contributed by atoms with Crippen LogP contribution in [-0.4, -0.2) is 23.9 Å². The molecule has 0 aromatic heterocycles. The van der Waals surface area contributed by atoms with E-state index < -0.39 is 0 Å². The van der Waals surface area contributed by atoms with Crippen LogP contribution in [0.1, 0.15) is 41.6 Å². The van der Waals surface area contributed by atoms with Crippen molar-refractivity contribution in [2.45, 2.75) is 24.9 Å². The average Bonchev–Trinajstić information content (AvgIpc) is 3.29. The van der Waals surface area contributed by atoms with Gasteiger partial charge in [-0.15, -0.1) is 0 Å². The highest BCUT2D eigenvalue weighted by Gasteiger charge is 2.32. The number of likely N-dealkylation sites (tertiary alicyclic amines) is 1. The molecular weight excluding hydrogens is 380 g/mol. The SMILES string of the molecule is O=C(NC(c1ccccc1)c1ccccc1)C(c1ccccc1Cl)N1CCCC1. The van der Waals surface area contributed by atoms with Crippen LogP contribution in [0.4, 0.5) is 0 Å². The molecule has 0 bridgehead atoms. The Labute approximate surface area is 177 Å². The van der Waals surface area contributed by atoms with Crippen LogP contribution in [-0.2, 0) is 4.79 Å². The molecule has 29 heavy (non-hydrogen) atoms. The highest BCUT2D eigenvalue weighted by molar-refractivity contribution is 6.31. The molecule has 0 aliphatic carbocycles. The molecule has 3 aromatic carbocycles. The second-order valence-electron chi connectivity index (χ2n) is 7.43. The van der Waals surface area contributed by atoms with Crippen molar-refractivity contribution in [3.05, 3.63) is 107 Å². The van der Waals surface area contributed by atoms with E-state index in [9.17, 15) is 4.79 Å². The van der Waals surface area contributed by atoms with Crippen molar-refractivity contribution >= 4 is 17.5 Å². The van der Waals surface area contributed by atoms with Crippen molar-refractivity contribution in [3.63, 3.8) is 0 Å². The minimum atomic E-state index is -0.388. The van der Waals surface area contributed by atoms with E-state index in [2.05, 4.69) is 34.5 Å². The van der Waals surface area contributed by atoms with E-state index in [0.717, 1.165) is 42.6 Å². The van der Waals surface area contributed by atoms with Gasteiger partial charge in [0.25, 0.3) is 0 Å². The van der Waals surface area contributed by atoms with E-state index in [1.54, 1.807) is 0 Å². The maximum Gasteiger partial charge on any atom is 0.242 e. The molecular formula is C25H25ClN2O. The van der Waals surface area contributed by atoms with Crippen LogP contribution in [0.5, 0.6) is 0 Å². The molecule has 1 atom stereocenters. The molecule has 4 rings (SSSR count). The number of nitrogens with zero attached hydrogens (tertiary/aromatic N) is 1. The fourth-order valence-corrected chi connectivity index (χ4v) is 4.31. The highest BCUT2D eigenvalue weighted by Crippen LogP contribution is 2.32. The number of halogens is 1. The normalized spacial score (nSPS) is 15.4. The van der Waals surface area contributed by atoms with E-state index in [0.29, 0.717) is 5.02 Å². The molecule has 1 aliphatic heterocycles. The van der Waals surface area contributed by atoms with Gasteiger partial charge in [0.15, 0.2) is 0 Å². The molecule has 0 radical (unpaired) electrons. The number of hydrogen-bond donors (Lipinski definition) is 1. The second-order valence-corrected chi connectivity index (χ2v) is 7.84. The molecule has 148 valence electrons. The second kappa shape index (κ2) is 9.25. The van der Waals surface area contributed by atoms with Crippen molar-refractivity contribution in [2.24, 2.45) is 0 Å². The Balaban J connectivity index is 1.68. The summed E-state index contributed by atoms with van der Waals surface area (Å²) in [5.41, 5.74) is 2.99. The number of nitrogens with one attached hydrogen (secondary N) is 1. The number of hydrogen-bond acceptors (Lipinski definition) is 2. The predicted octanol–water partition coefficient (Wildman–Crippen LogP) is 5.38. The fraction of sp³-hybridized carbons (Fsp3) is 0.240. The van der Waals surface area contributed by atoms with Crippen LogP contribution in [0.2, 0.25) is 5.02 Å². The van der Waals surface area contributed by atoms with Crippen LogP contribution in [0.3, 0.4) is 0 Å². The van der Waals surface area contributed by atoms with Crippen molar-refractivity contribution in [3.8, 4) is 0 Å². The van der Waals surface area contributed by atoms with Crippen molar-refractivity contribution in [1.82, 2.24) is 10.2 Å². The summed E-state index contributed by atoms with van der Waals surface area (Å²) in [7, 11) is 0. The molecule has 3 aromatic rings. The van der Waals surface area contributed by atoms with E-state index >= 15 is 0 Å². The molecule has 3 nitrogen and oxygen atoms in total. The van der Waals surface area contributed by atoms with Crippen molar-refractivity contribution in [1.29, 1.82) is 0 Å². The lowest BCUT2D eigenvalue weighted by molar-refractivity contribution is -0.126. The Morgan fingerprint density at radius 1 is 0.793 bits per heavy atom. The molecule has 1 aliphatic rings. The van der Waals surface area contributed by atoms with Gasteiger partial charge in [-0.05, 0) is 48.7 Å². The largest absolute Gasteiger partial charge is 0.344 e. The Hall–Kier alpha value is -2.62.